The Hall–Kier alpha value is -2.41. The number of methoxy groups -OCH3 is 1. The maximum atomic E-state index is 11.2. The van der Waals surface area contributed by atoms with Gasteiger partial charge in [0.15, 0.2) is 5.58 Å². The highest BCUT2D eigenvalue weighted by Crippen LogP contribution is 2.23. The lowest BCUT2D eigenvalue weighted by Crippen LogP contribution is -2.13. The Morgan fingerprint density at radius 3 is 2.73 bits per heavy atom. The van der Waals surface area contributed by atoms with Gasteiger partial charge in [-0.05, 0) is 24.3 Å². The highest BCUT2D eigenvalue weighted by molar-refractivity contribution is 8.93. The van der Waals surface area contributed by atoms with Gasteiger partial charge in [0.05, 0.1) is 17.9 Å². The molecule has 0 radical (unpaired) electrons. The van der Waals surface area contributed by atoms with Crippen molar-refractivity contribution in [2.75, 3.05) is 7.11 Å². The number of aromatic nitrogens is 2. The molecule has 6 nitrogen and oxygen atoms in total. The second kappa shape index (κ2) is 7.04. The maximum Gasteiger partial charge on any atom is 0.325 e. The average molecular weight is 364 g/mol. The summed E-state index contributed by atoms with van der Waals surface area (Å²) >= 11 is 0. The maximum absolute atomic E-state index is 11.2. The first-order valence-corrected chi connectivity index (χ1v) is 6.38. The monoisotopic (exact) mass is 363 g/mol. The van der Waals surface area contributed by atoms with Gasteiger partial charge in [-0.15, -0.1) is 17.0 Å². The van der Waals surface area contributed by atoms with E-state index in [1.54, 1.807) is 29.1 Å². The molecule has 0 fully saturated rings. The van der Waals surface area contributed by atoms with Crippen molar-refractivity contribution in [2.45, 2.75) is 6.54 Å². The van der Waals surface area contributed by atoms with E-state index in [1.165, 1.54) is 7.11 Å². The summed E-state index contributed by atoms with van der Waals surface area (Å²) in [5, 5.41) is 5.55. The number of esters is 1. The number of hydrogen-bond donors (Lipinski definition) is 0. The van der Waals surface area contributed by atoms with Gasteiger partial charge < -0.3 is 13.8 Å². The van der Waals surface area contributed by atoms with Gasteiger partial charge in [0.2, 0.25) is 5.82 Å². The van der Waals surface area contributed by atoms with E-state index in [-0.39, 0.29) is 29.5 Å². The van der Waals surface area contributed by atoms with E-state index in [9.17, 15) is 4.79 Å². The van der Waals surface area contributed by atoms with Crippen LogP contribution in [0.3, 0.4) is 0 Å². The summed E-state index contributed by atoms with van der Waals surface area (Å²) in [4.78, 5) is 15.6. The SMILES string of the molecule is Br.COC(=O)Cn1ccc(=Nc2noc3ccccc23)cc1. The number of fused-ring (bicyclic) bond motifs is 1. The van der Waals surface area contributed by atoms with Crippen molar-refractivity contribution in [1.29, 1.82) is 0 Å². The molecular formula is C15H14BrN3O3. The van der Waals surface area contributed by atoms with Crippen LogP contribution in [0.2, 0.25) is 0 Å². The number of ether oxygens (including phenoxy) is 1. The zero-order chi connectivity index (χ0) is 14.7. The minimum absolute atomic E-state index is 0. The summed E-state index contributed by atoms with van der Waals surface area (Å²) in [6.45, 7) is 0.170. The van der Waals surface area contributed by atoms with Crippen molar-refractivity contribution < 1.29 is 14.1 Å². The Balaban J connectivity index is 0.00000176. The molecule has 114 valence electrons. The molecule has 7 heteroatoms. The molecule has 22 heavy (non-hydrogen) atoms. The van der Waals surface area contributed by atoms with Crippen LogP contribution in [0.4, 0.5) is 5.82 Å². The lowest BCUT2D eigenvalue weighted by molar-refractivity contribution is -0.141. The molecule has 0 aliphatic carbocycles. The van der Waals surface area contributed by atoms with Crippen LogP contribution < -0.4 is 5.36 Å². The Bertz CT molecular complexity index is 834. The number of benzene rings is 1. The minimum Gasteiger partial charge on any atom is -0.468 e. The standard InChI is InChI=1S/C15H13N3O3.BrH/c1-20-14(19)10-18-8-6-11(7-9-18)16-15-12-4-2-3-5-13(12)21-17-15;/h2-9H,10H2,1H3;1H. The molecule has 0 bridgehead atoms. The quantitative estimate of drug-likeness (QED) is 0.670. The topological polar surface area (TPSA) is 69.6 Å². The molecule has 0 spiro atoms. The van der Waals surface area contributed by atoms with Gasteiger partial charge in [-0.25, -0.2) is 4.99 Å². The molecule has 0 saturated heterocycles. The molecule has 2 aromatic heterocycles. The normalized spacial score (nSPS) is 10.0. The lowest BCUT2D eigenvalue weighted by Gasteiger charge is -2.03. The first-order valence-electron chi connectivity index (χ1n) is 6.38. The zero-order valence-corrected chi connectivity index (χ0v) is 13.5. The Morgan fingerprint density at radius 1 is 1.27 bits per heavy atom. The molecule has 0 aliphatic heterocycles. The Kier molecular flexibility index (Phi) is 5.11. The van der Waals surface area contributed by atoms with Crippen LogP contribution in [0.25, 0.3) is 11.0 Å². The molecule has 0 N–H and O–H groups in total. The van der Waals surface area contributed by atoms with Crippen molar-refractivity contribution in [3.05, 3.63) is 54.1 Å². The van der Waals surface area contributed by atoms with Gasteiger partial charge in [-0.1, -0.05) is 17.3 Å². The number of carbonyl (C=O) groups excluding carboxylic acids is 1. The summed E-state index contributed by atoms with van der Waals surface area (Å²) in [6, 6.07) is 11.1. The van der Waals surface area contributed by atoms with E-state index in [1.807, 2.05) is 24.3 Å². The molecule has 3 rings (SSSR count). The smallest absolute Gasteiger partial charge is 0.325 e. The molecule has 2 heterocycles. The third-order valence-electron chi connectivity index (χ3n) is 3.01. The van der Waals surface area contributed by atoms with Crippen LogP contribution >= 0.6 is 17.0 Å². The number of rotatable bonds is 3. The third-order valence-corrected chi connectivity index (χ3v) is 3.01. The minimum atomic E-state index is -0.299. The number of halogens is 1. The fraction of sp³-hybridized carbons (Fsp3) is 0.133. The molecule has 0 unspecified atom stereocenters. The predicted molar refractivity (Wildman–Crippen MR) is 86.0 cm³/mol. The number of para-hydroxylation sites is 1. The first-order chi connectivity index (χ1) is 10.3. The summed E-state index contributed by atoms with van der Waals surface area (Å²) in [6.07, 6.45) is 3.52. The highest BCUT2D eigenvalue weighted by Gasteiger charge is 2.05. The molecule has 1 aromatic carbocycles. The van der Waals surface area contributed by atoms with Gasteiger partial charge in [0, 0.05) is 12.4 Å². The van der Waals surface area contributed by atoms with Crippen LogP contribution in [-0.2, 0) is 16.1 Å². The van der Waals surface area contributed by atoms with Crippen LogP contribution in [0.1, 0.15) is 0 Å². The van der Waals surface area contributed by atoms with E-state index in [0.717, 1.165) is 10.7 Å². The summed E-state index contributed by atoms with van der Waals surface area (Å²) in [5.74, 6) is 0.239. The predicted octanol–water partition coefficient (Wildman–Crippen LogP) is 2.61. The lowest BCUT2D eigenvalue weighted by atomic mass is 10.2. The molecule has 3 aromatic rings. The first kappa shape index (κ1) is 16.0. The molecule has 0 amide bonds. The van der Waals surface area contributed by atoms with Crippen molar-refractivity contribution in [3.63, 3.8) is 0 Å². The van der Waals surface area contributed by atoms with Crippen LogP contribution in [0.15, 0.2) is 58.3 Å². The summed E-state index contributed by atoms with van der Waals surface area (Å²) in [5.41, 5.74) is 0.702. The van der Waals surface area contributed by atoms with Gasteiger partial charge in [0.25, 0.3) is 0 Å². The largest absolute Gasteiger partial charge is 0.468 e. The van der Waals surface area contributed by atoms with Crippen molar-refractivity contribution in [3.8, 4) is 0 Å². The van der Waals surface area contributed by atoms with E-state index in [4.69, 9.17) is 4.52 Å². The third kappa shape index (κ3) is 3.43. The summed E-state index contributed by atoms with van der Waals surface area (Å²) in [7, 11) is 1.36. The number of pyridine rings is 1. The highest BCUT2D eigenvalue weighted by atomic mass is 79.9. The number of hydrogen-bond acceptors (Lipinski definition) is 5. The molecule has 0 atom stereocenters. The summed E-state index contributed by atoms with van der Waals surface area (Å²) < 4.78 is 11.5. The van der Waals surface area contributed by atoms with Crippen LogP contribution in [0.5, 0.6) is 0 Å². The molecule has 0 saturated carbocycles. The molecular weight excluding hydrogens is 350 g/mol. The van der Waals surface area contributed by atoms with Gasteiger partial charge >= 0.3 is 5.97 Å². The van der Waals surface area contributed by atoms with E-state index in [0.29, 0.717) is 11.4 Å². The fourth-order valence-corrected chi connectivity index (χ4v) is 1.92. The second-order valence-corrected chi connectivity index (χ2v) is 4.42. The fourth-order valence-electron chi connectivity index (χ4n) is 1.92. The van der Waals surface area contributed by atoms with Crippen molar-refractivity contribution in [2.24, 2.45) is 4.99 Å². The Morgan fingerprint density at radius 2 is 2.00 bits per heavy atom. The van der Waals surface area contributed by atoms with Gasteiger partial charge in [-0.2, -0.15) is 0 Å². The molecule has 0 aliphatic rings. The van der Waals surface area contributed by atoms with Crippen molar-refractivity contribution in [1.82, 2.24) is 9.72 Å². The van der Waals surface area contributed by atoms with Crippen molar-refractivity contribution >= 4 is 39.7 Å². The van der Waals surface area contributed by atoms with E-state index in [2.05, 4.69) is 14.9 Å². The number of carbonyl (C=O) groups is 1. The number of nitrogens with zero attached hydrogens (tertiary/aromatic N) is 3. The van der Waals surface area contributed by atoms with E-state index < -0.39 is 0 Å². The van der Waals surface area contributed by atoms with Gasteiger partial charge in [0.1, 0.15) is 6.54 Å². The zero-order valence-electron chi connectivity index (χ0n) is 11.8. The van der Waals surface area contributed by atoms with E-state index >= 15 is 0 Å². The Labute approximate surface area is 136 Å². The van der Waals surface area contributed by atoms with Gasteiger partial charge in [-0.3, -0.25) is 4.79 Å². The van der Waals surface area contributed by atoms with Crippen LogP contribution in [0, 0.1) is 0 Å². The second-order valence-electron chi connectivity index (χ2n) is 4.42. The average Bonchev–Trinajstić information content (AvgIpc) is 2.92. The van der Waals surface area contributed by atoms with Crippen LogP contribution in [-0.4, -0.2) is 22.8 Å².